The molecule has 16 heavy (non-hydrogen) atoms. The lowest BCUT2D eigenvalue weighted by Gasteiger charge is -2.18. The second-order valence-corrected chi connectivity index (χ2v) is 5.24. The van der Waals surface area contributed by atoms with Crippen LogP contribution < -0.4 is 5.32 Å². The highest BCUT2D eigenvalue weighted by molar-refractivity contribution is 7.13. The van der Waals surface area contributed by atoms with Gasteiger partial charge in [-0.25, -0.2) is 0 Å². The number of aryl methyl sites for hydroxylation is 1. The van der Waals surface area contributed by atoms with Gasteiger partial charge in [0.15, 0.2) is 0 Å². The van der Waals surface area contributed by atoms with E-state index in [1.165, 1.54) is 11.3 Å². The molecule has 1 aromatic rings. The van der Waals surface area contributed by atoms with E-state index in [1.807, 2.05) is 26.2 Å². The van der Waals surface area contributed by atoms with Crippen molar-refractivity contribution >= 4 is 28.8 Å². The smallest absolute Gasteiger partial charge is 0.263 e. The summed E-state index contributed by atoms with van der Waals surface area (Å²) < 4.78 is 0. The first-order chi connectivity index (χ1) is 7.47. The van der Waals surface area contributed by atoms with Gasteiger partial charge in [0, 0.05) is 12.6 Å². The van der Waals surface area contributed by atoms with Gasteiger partial charge < -0.3 is 10.4 Å². The van der Waals surface area contributed by atoms with Crippen LogP contribution in [0.4, 0.5) is 0 Å². The highest BCUT2D eigenvalue weighted by atomic mass is 35.5. The Balaban J connectivity index is 2.69. The third-order valence-electron chi connectivity index (χ3n) is 2.61. The molecular weight excluding hydrogens is 246 g/mol. The van der Waals surface area contributed by atoms with E-state index in [-0.39, 0.29) is 24.5 Å². The molecule has 1 amide bonds. The average Bonchev–Trinajstić information content (AvgIpc) is 2.58. The molecule has 0 radical (unpaired) electrons. The zero-order valence-electron chi connectivity index (χ0n) is 9.58. The van der Waals surface area contributed by atoms with Gasteiger partial charge in [-0.05, 0) is 30.7 Å². The molecule has 2 atom stereocenters. The van der Waals surface area contributed by atoms with Gasteiger partial charge in [0.1, 0.15) is 4.88 Å². The molecule has 0 aliphatic rings. The predicted octanol–water partition coefficient (Wildman–Crippen LogP) is 2.46. The molecule has 5 heteroatoms. The Labute approximate surface area is 104 Å². The highest BCUT2D eigenvalue weighted by Gasteiger charge is 2.19. The van der Waals surface area contributed by atoms with Crippen molar-refractivity contribution in [3.8, 4) is 0 Å². The predicted molar refractivity (Wildman–Crippen MR) is 67.2 cm³/mol. The number of hydrogen-bond acceptors (Lipinski definition) is 3. The molecule has 0 bridgehead atoms. The van der Waals surface area contributed by atoms with Crippen molar-refractivity contribution < 1.29 is 9.90 Å². The lowest BCUT2D eigenvalue weighted by atomic mass is 10.1. The van der Waals surface area contributed by atoms with Gasteiger partial charge in [0.2, 0.25) is 0 Å². The summed E-state index contributed by atoms with van der Waals surface area (Å²) in [7, 11) is 0. The lowest BCUT2D eigenvalue weighted by molar-refractivity contribution is 0.0920. The molecule has 0 aliphatic carbocycles. The summed E-state index contributed by atoms with van der Waals surface area (Å²) in [5.41, 5.74) is 0.916. The number of hydrogen-bond donors (Lipinski definition) is 2. The Kier molecular flexibility index (Phi) is 4.77. The minimum Gasteiger partial charge on any atom is -0.396 e. The summed E-state index contributed by atoms with van der Waals surface area (Å²) in [5.74, 6) is -0.139. The minimum absolute atomic E-state index is 0.0313. The average molecular weight is 262 g/mol. The number of thiophene rings is 1. The summed E-state index contributed by atoms with van der Waals surface area (Å²) in [5, 5.41) is 14.2. The molecule has 2 N–H and O–H groups in total. The van der Waals surface area contributed by atoms with E-state index in [2.05, 4.69) is 5.32 Å². The number of aliphatic hydroxyl groups excluding tert-OH is 1. The van der Waals surface area contributed by atoms with Crippen LogP contribution in [0, 0.1) is 12.8 Å². The van der Waals surface area contributed by atoms with Crippen LogP contribution in [-0.2, 0) is 0 Å². The third kappa shape index (κ3) is 2.97. The number of aliphatic hydroxyl groups is 1. The molecule has 0 aromatic carbocycles. The van der Waals surface area contributed by atoms with Crippen LogP contribution in [-0.4, -0.2) is 23.7 Å². The van der Waals surface area contributed by atoms with Crippen LogP contribution in [0.15, 0.2) is 5.38 Å². The largest absolute Gasteiger partial charge is 0.396 e. The van der Waals surface area contributed by atoms with Crippen LogP contribution in [0.3, 0.4) is 0 Å². The molecule has 3 nitrogen and oxygen atoms in total. The number of amides is 1. The first kappa shape index (κ1) is 13.5. The maximum absolute atomic E-state index is 11.8. The van der Waals surface area contributed by atoms with E-state index in [4.69, 9.17) is 16.7 Å². The normalized spacial score (nSPS) is 14.6. The zero-order valence-corrected chi connectivity index (χ0v) is 11.2. The van der Waals surface area contributed by atoms with E-state index < -0.39 is 0 Å². The Morgan fingerprint density at radius 3 is 2.69 bits per heavy atom. The molecule has 2 unspecified atom stereocenters. The van der Waals surface area contributed by atoms with Gasteiger partial charge in [-0.15, -0.1) is 11.3 Å². The van der Waals surface area contributed by atoms with Crippen molar-refractivity contribution in [2.45, 2.75) is 26.8 Å². The maximum atomic E-state index is 11.8. The molecule has 90 valence electrons. The Hall–Kier alpha value is -0.580. The standard InChI is InChI=1S/C11H16ClNO2S/c1-6(4-14)8(3)13-11(15)10-9(12)7(2)5-16-10/h5-6,8,14H,4H2,1-3H3,(H,13,15). The summed E-state index contributed by atoms with van der Waals surface area (Å²) in [6, 6.07) is -0.0732. The van der Waals surface area contributed by atoms with E-state index in [1.54, 1.807) is 0 Å². The first-order valence-electron chi connectivity index (χ1n) is 5.12. The van der Waals surface area contributed by atoms with Crippen molar-refractivity contribution in [3.63, 3.8) is 0 Å². The number of carbonyl (C=O) groups excluding carboxylic acids is 1. The van der Waals surface area contributed by atoms with Crippen LogP contribution in [0.25, 0.3) is 0 Å². The van der Waals surface area contributed by atoms with E-state index >= 15 is 0 Å². The number of carbonyl (C=O) groups is 1. The van der Waals surface area contributed by atoms with Crippen molar-refractivity contribution in [2.75, 3.05) is 6.61 Å². The van der Waals surface area contributed by atoms with Gasteiger partial charge in [0.25, 0.3) is 5.91 Å². The summed E-state index contributed by atoms with van der Waals surface area (Å²) in [6.45, 7) is 5.67. The van der Waals surface area contributed by atoms with Crippen LogP contribution in [0.1, 0.15) is 29.1 Å². The van der Waals surface area contributed by atoms with E-state index in [0.717, 1.165) is 5.56 Å². The SMILES string of the molecule is Cc1csc(C(=O)NC(C)C(C)CO)c1Cl. The van der Waals surface area contributed by atoms with Crippen LogP contribution >= 0.6 is 22.9 Å². The Morgan fingerprint density at radius 1 is 1.62 bits per heavy atom. The second kappa shape index (κ2) is 5.66. The monoisotopic (exact) mass is 261 g/mol. The van der Waals surface area contributed by atoms with Gasteiger partial charge in [-0.2, -0.15) is 0 Å². The molecule has 1 aromatic heterocycles. The first-order valence-corrected chi connectivity index (χ1v) is 6.38. The number of halogens is 1. The van der Waals surface area contributed by atoms with Crippen molar-refractivity contribution in [1.82, 2.24) is 5.32 Å². The van der Waals surface area contributed by atoms with Gasteiger partial charge >= 0.3 is 0 Å². The van der Waals surface area contributed by atoms with Crippen molar-refractivity contribution in [1.29, 1.82) is 0 Å². The summed E-state index contributed by atoms with van der Waals surface area (Å²) in [4.78, 5) is 12.4. The second-order valence-electron chi connectivity index (χ2n) is 3.98. The van der Waals surface area contributed by atoms with Crippen LogP contribution in [0.2, 0.25) is 5.02 Å². The van der Waals surface area contributed by atoms with Gasteiger partial charge in [0.05, 0.1) is 5.02 Å². The molecule has 0 saturated carbocycles. The lowest BCUT2D eigenvalue weighted by Crippen LogP contribution is -2.38. The highest BCUT2D eigenvalue weighted by Crippen LogP contribution is 2.27. The number of nitrogens with one attached hydrogen (secondary N) is 1. The quantitative estimate of drug-likeness (QED) is 0.875. The fourth-order valence-corrected chi connectivity index (χ4v) is 2.34. The van der Waals surface area contributed by atoms with E-state index in [0.29, 0.717) is 9.90 Å². The maximum Gasteiger partial charge on any atom is 0.263 e. The minimum atomic E-state index is -0.170. The third-order valence-corrected chi connectivity index (χ3v) is 4.30. The molecule has 1 heterocycles. The zero-order chi connectivity index (χ0) is 12.3. The van der Waals surface area contributed by atoms with Gasteiger partial charge in [-0.1, -0.05) is 18.5 Å². The molecule has 0 spiro atoms. The topological polar surface area (TPSA) is 49.3 Å². The summed E-state index contributed by atoms with van der Waals surface area (Å²) in [6.07, 6.45) is 0. The Morgan fingerprint density at radius 2 is 2.25 bits per heavy atom. The van der Waals surface area contributed by atoms with Crippen molar-refractivity contribution in [2.24, 2.45) is 5.92 Å². The molecule has 0 fully saturated rings. The molecule has 1 rings (SSSR count). The molecule has 0 aliphatic heterocycles. The van der Waals surface area contributed by atoms with Crippen LogP contribution in [0.5, 0.6) is 0 Å². The fraction of sp³-hybridized carbons (Fsp3) is 0.545. The molecular formula is C11H16ClNO2S. The number of rotatable bonds is 4. The van der Waals surface area contributed by atoms with E-state index in [9.17, 15) is 4.79 Å². The van der Waals surface area contributed by atoms with Gasteiger partial charge in [-0.3, -0.25) is 4.79 Å². The fourth-order valence-electron chi connectivity index (χ4n) is 1.16. The Bertz CT molecular complexity index is 378. The molecule has 0 saturated heterocycles. The van der Waals surface area contributed by atoms with Crippen molar-refractivity contribution in [3.05, 3.63) is 20.8 Å². The summed E-state index contributed by atoms with van der Waals surface area (Å²) >= 11 is 7.34.